The number of carbonyl (C=O) groups excluding carboxylic acids is 1. The fourth-order valence-electron chi connectivity index (χ4n) is 2.26. The van der Waals surface area contributed by atoms with Gasteiger partial charge in [-0.3, -0.25) is 4.79 Å². The summed E-state index contributed by atoms with van der Waals surface area (Å²) in [5.41, 5.74) is 8.10. The molecule has 0 aliphatic heterocycles. The summed E-state index contributed by atoms with van der Waals surface area (Å²) in [4.78, 5) is 21.3. The Morgan fingerprint density at radius 3 is 3.00 bits per heavy atom. The smallest absolute Gasteiger partial charge is 0.234 e. The second kappa shape index (κ2) is 3.81. The van der Waals surface area contributed by atoms with E-state index in [-0.39, 0.29) is 11.3 Å². The molecule has 18 heavy (non-hydrogen) atoms. The van der Waals surface area contributed by atoms with Gasteiger partial charge in [0.15, 0.2) is 0 Å². The fraction of sp³-hybridized carbons (Fsp3) is 0.385. The van der Waals surface area contributed by atoms with Gasteiger partial charge < -0.3 is 15.6 Å². The lowest BCUT2D eigenvalue weighted by molar-refractivity contribution is -0.123. The number of H-pyrrole nitrogens is 1. The van der Waals surface area contributed by atoms with Crippen LogP contribution in [-0.4, -0.2) is 29.5 Å². The predicted molar refractivity (Wildman–Crippen MR) is 70.2 cm³/mol. The van der Waals surface area contributed by atoms with Gasteiger partial charge in [0.1, 0.15) is 0 Å². The largest absolute Gasteiger partial charge is 0.345 e. The van der Waals surface area contributed by atoms with Crippen LogP contribution >= 0.6 is 0 Å². The molecule has 0 spiro atoms. The molecule has 1 fully saturated rings. The van der Waals surface area contributed by atoms with Crippen LogP contribution in [0, 0.1) is 5.41 Å². The van der Waals surface area contributed by atoms with E-state index in [0.29, 0.717) is 6.54 Å². The van der Waals surface area contributed by atoms with E-state index in [1.165, 1.54) is 0 Å². The predicted octanol–water partition coefficient (Wildman–Crippen LogP) is 1.26. The number of hydrogen-bond acceptors (Lipinski definition) is 3. The van der Waals surface area contributed by atoms with Crippen molar-refractivity contribution in [2.24, 2.45) is 11.1 Å². The van der Waals surface area contributed by atoms with Gasteiger partial charge in [-0.15, -0.1) is 0 Å². The van der Waals surface area contributed by atoms with Gasteiger partial charge in [0.05, 0.1) is 22.8 Å². The second-order valence-corrected chi connectivity index (χ2v) is 4.95. The molecule has 0 atom stereocenters. The molecule has 1 aliphatic rings. The normalized spacial score (nSPS) is 16.8. The minimum absolute atomic E-state index is 0.115. The minimum Gasteiger partial charge on any atom is -0.345 e. The molecule has 1 aliphatic carbocycles. The van der Waals surface area contributed by atoms with Gasteiger partial charge in [-0.1, -0.05) is 0 Å². The average Bonchev–Trinajstić information content (AvgIpc) is 3.07. The van der Waals surface area contributed by atoms with E-state index in [4.69, 9.17) is 5.73 Å². The summed E-state index contributed by atoms with van der Waals surface area (Å²) in [5, 5.41) is 0. The SMILES string of the molecule is CN(C(=O)C1(CN)CC1)c1ccc2nc[nH]c2c1. The Morgan fingerprint density at radius 1 is 1.56 bits per heavy atom. The van der Waals surface area contributed by atoms with Crippen LogP contribution in [0.3, 0.4) is 0 Å². The van der Waals surface area contributed by atoms with Crippen LogP contribution in [0.4, 0.5) is 5.69 Å². The lowest BCUT2D eigenvalue weighted by Gasteiger charge is -2.22. The van der Waals surface area contributed by atoms with Crippen LogP contribution < -0.4 is 10.6 Å². The van der Waals surface area contributed by atoms with Crippen LogP contribution in [-0.2, 0) is 4.79 Å². The first kappa shape index (κ1) is 11.2. The maximum absolute atomic E-state index is 12.4. The highest BCUT2D eigenvalue weighted by Gasteiger charge is 2.50. The number of benzene rings is 1. The third-order valence-electron chi connectivity index (χ3n) is 3.79. The summed E-state index contributed by atoms with van der Waals surface area (Å²) in [6.07, 6.45) is 3.45. The van der Waals surface area contributed by atoms with Gasteiger partial charge in [0, 0.05) is 19.3 Å². The first-order chi connectivity index (χ1) is 8.66. The third kappa shape index (κ3) is 1.59. The van der Waals surface area contributed by atoms with E-state index >= 15 is 0 Å². The average molecular weight is 244 g/mol. The maximum atomic E-state index is 12.4. The zero-order valence-corrected chi connectivity index (χ0v) is 10.3. The summed E-state index contributed by atoms with van der Waals surface area (Å²) in [5.74, 6) is 0.115. The molecular weight excluding hydrogens is 228 g/mol. The summed E-state index contributed by atoms with van der Waals surface area (Å²) < 4.78 is 0. The zero-order valence-electron chi connectivity index (χ0n) is 10.3. The number of fused-ring (bicyclic) bond motifs is 1. The van der Waals surface area contributed by atoms with Gasteiger partial charge in [0.2, 0.25) is 5.91 Å². The molecule has 1 aromatic carbocycles. The zero-order chi connectivity index (χ0) is 12.8. The van der Waals surface area contributed by atoms with Gasteiger partial charge in [-0.05, 0) is 31.0 Å². The molecule has 0 unspecified atom stereocenters. The number of imidazole rings is 1. The molecule has 1 saturated carbocycles. The number of aromatic amines is 1. The van der Waals surface area contributed by atoms with Crippen LogP contribution in [0.25, 0.3) is 11.0 Å². The molecule has 3 rings (SSSR count). The van der Waals surface area contributed by atoms with Gasteiger partial charge >= 0.3 is 0 Å². The number of aromatic nitrogens is 2. The number of anilines is 1. The Kier molecular flexibility index (Phi) is 2.38. The Labute approximate surface area is 105 Å². The van der Waals surface area contributed by atoms with Crippen LogP contribution in [0.2, 0.25) is 0 Å². The molecule has 1 aromatic heterocycles. The van der Waals surface area contributed by atoms with E-state index < -0.39 is 0 Å². The van der Waals surface area contributed by atoms with Crippen molar-refractivity contribution in [1.29, 1.82) is 0 Å². The van der Waals surface area contributed by atoms with Gasteiger partial charge in [-0.25, -0.2) is 4.98 Å². The van der Waals surface area contributed by atoms with Crippen LogP contribution in [0.1, 0.15) is 12.8 Å². The van der Waals surface area contributed by atoms with E-state index in [1.54, 1.807) is 18.3 Å². The van der Waals surface area contributed by atoms with E-state index in [2.05, 4.69) is 9.97 Å². The number of nitrogens with two attached hydrogens (primary N) is 1. The van der Waals surface area contributed by atoms with Crippen molar-refractivity contribution in [2.45, 2.75) is 12.8 Å². The standard InChI is InChI=1S/C13H16N4O/c1-17(12(18)13(7-14)4-5-13)9-2-3-10-11(6-9)16-8-15-10/h2-3,6,8H,4-5,7,14H2,1H3,(H,15,16). The van der Waals surface area contributed by atoms with E-state index in [9.17, 15) is 4.79 Å². The topological polar surface area (TPSA) is 75.0 Å². The molecule has 0 radical (unpaired) electrons. The molecule has 5 nitrogen and oxygen atoms in total. The fourth-order valence-corrected chi connectivity index (χ4v) is 2.26. The molecule has 2 aromatic rings. The maximum Gasteiger partial charge on any atom is 0.234 e. The van der Waals surface area contributed by atoms with Crippen molar-refractivity contribution in [1.82, 2.24) is 9.97 Å². The van der Waals surface area contributed by atoms with Crippen molar-refractivity contribution >= 4 is 22.6 Å². The number of nitrogens with one attached hydrogen (secondary N) is 1. The summed E-state index contributed by atoms with van der Waals surface area (Å²) in [7, 11) is 1.80. The highest BCUT2D eigenvalue weighted by molar-refractivity contribution is 6.00. The van der Waals surface area contributed by atoms with Crippen molar-refractivity contribution < 1.29 is 4.79 Å². The molecule has 1 heterocycles. The van der Waals surface area contributed by atoms with Crippen molar-refractivity contribution in [3.05, 3.63) is 24.5 Å². The number of hydrogen-bond donors (Lipinski definition) is 2. The Hall–Kier alpha value is -1.88. The highest BCUT2D eigenvalue weighted by atomic mass is 16.2. The molecule has 5 heteroatoms. The molecule has 94 valence electrons. The van der Waals surface area contributed by atoms with Crippen LogP contribution in [0.5, 0.6) is 0 Å². The number of carbonyl (C=O) groups is 1. The molecule has 3 N–H and O–H groups in total. The Morgan fingerprint density at radius 2 is 2.33 bits per heavy atom. The Bertz CT molecular complexity index is 600. The number of nitrogens with zero attached hydrogens (tertiary/aromatic N) is 2. The molecule has 0 bridgehead atoms. The van der Waals surface area contributed by atoms with Crippen LogP contribution in [0.15, 0.2) is 24.5 Å². The minimum atomic E-state index is -0.308. The highest BCUT2D eigenvalue weighted by Crippen LogP contribution is 2.46. The third-order valence-corrected chi connectivity index (χ3v) is 3.79. The molecule has 1 amide bonds. The number of rotatable bonds is 3. The van der Waals surface area contributed by atoms with Gasteiger partial charge in [0.25, 0.3) is 0 Å². The second-order valence-electron chi connectivity index (χ2n) is 4.95. The lowest BCUT2D eigenvalue weighted by atomic mass is 10.1. The first-order valence-corrected chi connectivity index (χ1v) is 6.08. The molecule has 0 saturated heterocycles. The van der Waals surface area contributed by atoms with E-state index in [0.717, 1.165) is 29.6 Å². The molecular formula is C13H16N4O. The summed E-state index contributed by atoms with van der Waals surface area (Å²) in [6, 6.07) is 5.76. The summed E-state index contributed by atoms with van der Waals surface area (Å²) in [6.45, 7) is 0.433. The monoisotopic (exact) mass is 244 g/mol. The van der Waals surface area contributed by atoms with Crippen molar-refractivity contribution in [3.63, 3.8) is 0 Å². The van der Waals surface area contributed by atoms with E-state index in [1.807, 2.05) is 18.2 Å². The summed E-state index contributed by atoms with van der Waals surface area (Å²) >= 11 is 0. The van der Waals surface area contributed by atoms with Crippen molar-refractivity contribution in [2.75, 3.05) is 18.5 Å². The van der Waals surface area contributed by atoms with Gasteiger partial charge in [-0.2, -0.15) is 0 Å². The number of amides is 1. The lowest BCUT2D eigenvalue weighted by Crippen LogP contribution is -2.38. The quantitative estimate of drug-likeness (QED) is 0.853. The van der Waals surface area contributed by atoms with Crippen molar-refractivity contribution in [3.8, 4) is 0 Å². The Balaban J connectivity index is 1.91. The first-order valence-electron chi connectivity index (χ1n) is 6.08.